The van der Waals surface area contributed by atoms with Crippen molar-refractivity contribution in [1.29, 1.82) is 0 Å². The molecular weight excluding hydrogens is 260 g/mol. The summed E-state index contributed by atoms with van der Waals surface area (Å²) in [6.45, 7) is 3.80. The highest BCUT2D eigenvalue weighted by Crippen LogP contribution is 2.12. The van der Waals surface area contributed by atoms with Gasteiger partial charge in [0.2, 0.25) is 0 Å². The van der Waals surface area contributed by atoms with Crippen LogP contribution in [0.1, 0.15) is 16.3 Å². The summed E-state index contributed by atoms with van der Waals surface area (Å²) in [4.78, 5) is 14.1. The Labute approximate surface area is 116 Å². The SMILES string of the molecule is COC(=O)c1cccc2nnc(CN3CCOCC3)n12. The number of nitrogens with zero attached hydrogens (tertiary/aromatic N) is 4. The molecular formula is C13H16N4O3. The number of ether oxygens (including phenoxy) is 2. The number of carbonyl (C=O) groups is 1. The van der Waals surface area contributed by atoms with E-state index in [1.807, 2.05) is 6.07 Å². The molecule has 0 amide bonds. The second-order valence-electron chi connectivity index (χ2n) is 4.60. The van der Waals surface area contributed by atoms with E-state index in [0.29, 0.717) is 17.9 Å². The molecule has 0 saturated carbocycles. The first-order valence-electron chi connectivity index (χ1n) is 6.51. The van der Waals surface area contributed by atoms with Crippen LogP contribution in [0.4, 0.5) is 0 Å². The Morgan fingerprint density at radius 2 is 2.15 bits per heavy atom. The fourth-order valence-corrected chi connectivity index (χ4v) is 2.33. The van der Waals surface area contributed by atoms with Crippen LogP contribution < -0.4 is 0 Å². The summed E-state index contributed by atoms with van der Waals surface area (Å²) in [6.07, 6.45) is 0. The van der Waals surface area contributed by atoms with Crippen molar-refractivity contribution >= 4 is 11.6 Å². The van der Waals surface area contributed by atoms with E-state index in [0.717, 1.165) is 32.1 Å². The zero-order valence-corrected chi connectivity index (χ0v) is 11.3. The first-order chi connectivity index (χ1) is 9.79. The molecule has 106 valence electrons. The summed E-state index contributed by atoms with van der Waals surface area (Å²) >= 11 is 0. The molecule has 0 radical (unpaired) electrons. The Hall–Kier alpha value is -1.99. The van der Waals surface area contributed by atoms with Crippen LogP contribution in [0.15, 0.2) is 18.2 Å². The molecule has 0 spiro atoms. The molecule has 2 aromatic heterocycles. The van der Waals surface area contributed by atoms with Crippen LogP contribution in [0.3, 0.4) is 0 Å². The number of rotatable bonds is 3. The molecule has 1 saturated heterocycles. The van der Waals surface area contributed by atoms with Gasteiger partial charge >= 0.3 is 5.97 Å². The maximum Gasteiger partial charge on any atom is 0.355 e. The molecule has 7 heteroatoms. The standard InChI is InChI=1S/C13H16N4O3/c1-19-13(18)10-3-2-4-11-14-15-12(17(10)11)9-16-5-7-20-8-6-16/h2-4H,5-9H2,1H3. The lowest BCUT2D eigenvalue weighted by molar-refractivity contribution is 0.0328. The minimum atomic E-state index is -0.390. The third-order valence-corrected chi connectivity index (χ3v) is 3.36. The Bertz CT molecular complexity index is 619. The molecule has 7 nitrogen and oxygen atoms in total. The largest absolute Gasteiger partial charge is 0.464 e. The number of esters is 1. The van der Waals surface area contributed by atoms with Crippen LogP contribution in [0.25, 0.3) is 5.65 Å². The molecule has 0 aromatic carbocycles. The Morgan fingerprint density at radius 1 is 1.35 bits per heavy atom. The lowest BCUT2D eigenvalue weighted by Crippen LogP contribution is -2.36. The Morgan fingerprint density at radius 3 is 2.90 bits per heavy atom. The van der Waals surface area contributed by atoms with Gasteiger partial charge in [-0.3, -0.25) is 9.30 Å². The van der Waals surface area contributed by atoms with Crippen molar-refractivity contribution in [3.8, 4) is 0 Å². The molecule has 0 unspecified atom stereocenters. The van der Waals surface area contributed by atoms with Gasteiger partial charge < -0.3 is 9.47 Å². The molecule has 3 heterocycles. The van der Waals surface area contributed by atoms with Gasteiger partial charge in [0.25, 0.3) is 0 Å². The highest BCUT2D eigenvalue weighted by molar-refractivity contribution is 5.88. The predicted octanol–water partition coefficient (Wildman–Crippen LogP) is 0.348. The molecule has 3 rings (SSSR count). The number of pyridine rings is 1. The fourth-order valence-electron chi connectivity index (χ4n) is 2.33. The maximum atomic E-state index is 11.8. The van der Waals surface area contributed by atoms with Gasteiger partial charge in [-0.25, -0.2) is 4.79 Å². The van der Waals surface area contributed by atoms with Gasteiger partial charge in [0.05, 0.1) is 26.9 Å². The summed E-state index contributed by atoms with van der Waals surface area (Å²) < 4.78 is 11.9. The topological polar surface area (TPSA) is 69.0 Å². The van der Waals surface area contributed by atoms with Crippen molar-refractivity contribution in [3.63, 3.8) is 0 Å². The van der Waals surface area contributed by atoms with Crippen LogP contribution in [0.2, 0.25) is 0 Å². The van der Waals surface area contributed by atoms with Gasteiger partial charge in [-0.05, 0) is 12.1 Å². The normalized spacial score (nSPS) is 16.4. The minimum Gasteiger partial charge on any atom is -0.464 e. The maximum absolute atomic E-state index is 11.8. The fraction of sp³-hybridized carbons (Fsp3) is 0.462. The Kier molecular flexibility index (Phi) is 3.62. The van der Waals surface area contributed by atoms with Crippen LogP contribution in [0.5, 0.6) is 0 Å². The zero-order valence-electron chi connectivity index (χ0n) is 11.3. The molecule has 20 heavy (non-hydrogen) atoms. The van der Waals surface area contributed by atoms with E-state index in [4.69, 9.17) is 9.47 Å². The van der Waals surface area contributed by atoms with E-state index in [2.05, 4.69) is 15.1 Å². The third kappa shape index (κ3) is 2.37. The smallest absolute Gasteiger partial charge is 0.355 e. The highest BCUT2D eigenvalue weighted by atomic mass is 16.5. The summed E-state index contributed by atoms with van der Waals surface area (Å²) in [5.41, 5.74) is 1.09. The van der Waals surface area contributed by atoms with Crippen molar-refractivity contribution in [2.24, 2.45) is 0 Å². The number of hydrogen-bond donors (Lipinski definition) is 0. The van der Waals surface area contributed by atoms with E-state index in [-0.39, 0.29) is 0 Å². The molecule has 0 bridgehead atoms. The monoisotopic (exact) mass is 276 g/mol. The van der Waals surface area contributed by atoms with E-state index in [1.165, 1.54) is 7.11 Å². The van der Waals surface area contributed by atoms with Crippen molar-refractivity contribution in [2.45, 2.75) is 6.54 Å². The van der Waals surface area contributed by atoms with Crippen molar-refractivity contribution in [1.82, 2.24) is 19.5 Å². The molecule has 0 aliphatic carbocycles. The van der Waals surface area contributed by atoms with Gasteiger partial charge in [0.15, 0.2) is 11.5 Å². The quantitative estimate of drug-likeness (QED) is 0.753. The minimum absolute atomic E-state index is 0.390. The second-order valence-corrected chi connectivity index (χ2v) is 4.60. The average molecular weight is 276 g/mol. The Balaban J connectivity index is 1.96. The first kappa shape index (κ1) is 13.0. The number of morpholine rings is 1. The molecule has 1 aliphatic heterocycles. The number of hydrogen-bond acceptors (Lipinski definition) is 6. The van der Waals surface area contributed by atoms with Crippen LogP contribution >= 0.6 is 0 Å². The second kappa shape index (κ2) is 5.56. The van der Waals surface area contributed by atoms with Gasteiger partial charge in [0, 0.05) is 13.1 Å². The van der Waals surface area contributed by atoms with E-state index >= 15 is 0 Å². The average Bonchev–Trinajstić information content (AvgIpc) is 2.91. The summed E-state index contributed by atoms with van der Waals surface area (Å²) in [7, 11) is 1.37. The van der Waals surface area contributed by atoms with Crippen LogP contribution in [-0.4, -0.2) is 58.9 Å². The number of fused-ring (bicyclic) bond motifs is 1. The zero-order chi connectivity index (χ0) is 13.9. The van der Waals surface area contributed by atoms with Gasteiger partial charge in [0.1, 0.15) is 5.69 Å². The number of aromatic nitrogens is 3. The van der Waals surface area contributed by atoms with Gasteiger partial charge in [-0.15, -0.1) is 10.2 Å². The highest BCUT2D eigenvalue weighted by Gasteiger charge is 2.18. The molecule has 1 aliphatic rings. The summed E-state index contributed by atoms with van der Waals surface area (Å²) in [5.74, 6) is 0.349. The predicted molar refractivity (Wildman–Crippen MR) is 70.4 cm³/mol. The lowest BCUT2D eigenvalue weighted by Gasteiger charge is -2.25. The lowest BCUT2D eigenvalue weighted by atomic mass is 10.3. The summed E-state index contributed by atoms with van der Waals surface area (Å²) in [5, 5.41) is 8.30. The molecule has 0 N–H and O–H groups in total. The van der Waals surface area contributed by atoms with Crippen LogP contribution in [0, 0.1) is 0 Å². The molecule has 0 atom stereocenters. The van der Waals surface area contributed by atoms with Crippen LogP contribution in [-0.2, 0) is 16.0 Å². The van der Waals surface area contributed by atoms with E-state index < -0.39 is 5.97 Å². The first-order valence-corrected chi connectivity index (χ1v) is 6.51. The molecule has 1 fully saturated rings. The van der Waals surface area contributed by atoms with Gasteiger partial charge in [-0.2, -0.15) is 0 Å². The van der Waals surface area contributed by atoms with Crippen molar-refractivity contribution in [2.75, 3.05) is 33.4 Å². The van der Waals surface area contributed by atoms with E-state index in [1.54, 1.807) is 16.5 Å². The summed E-state index contributed by atoms with van der Waals surface area (Å²) in [6, 6.07) is 5.31. The van der Waals surface area contributed by atoms with Gasteiger partial charge in [-0.1, -0.05) is 6.07 Å². The van der Waals surface area contributed by atoms with Crippen molar-refractivity contribution < 1.29 is 14.3 Å². The number of carbonyl (C=O) groups excluding carboxylic acids is 1. The molecule has 2 aromatic rings. The third-order valence-electron chi connectivity index (χ3n) is 3.36. The number of methoxy groups -OCH3 is 1. The van der Waals surface area contributed by atoms with E-state index in [9.17, 15) is 4.79 Å². The van der Waals surface area contributed by atoms with Crippen molar-refractivity contribution in [3.05, 3.63) is 29.7 Å².